The van der Waals surface area contributed by atoms with Crippen LogP contribution in [0.3, 0.4) is 0 Å². The van der Waals surface area contributed by atoms with Gasteiger partial charge in [-0.25, -0.2) is 9.97 Å². The van der Waals surface area contributed by atoms with Gasteiger partial charge in [0.05, 0.1) is 12.7 Å². The van der Waals surface area contributed by atoms with E-state index in [1.54, 1.807) is 6.20 Å². The molecular formula is C13H13F3N6O2. The van der Waals surface area contributed by atoms with Gasteiger partial charge in [-0.1, -0.05) is 5.21 Å². The SMILES string of the molecule is O=C(NCCn1cc(C2(O)CC2)nn1)c1cc(C(F)(F)F)ncn1. The molecule has 1 aliphatic rings. The van der Waals surface area contributed by atoms with Crippen LogP contribution in [0.5, 0.6) is 0 Å². The number of nitrogens with one attached hydrogen (secondary N) is 1. The zero-order valence-electron chi connectivity index (χ0n) is 12.3. The van der Waals surface area contributed by atoms with E-state index in [-0.39, 0.29) is 18.8 Å². The van der Waals surface area contributed by atoms with E-state index >= 15 is 0 Å². The van der Waals surface area contributed by atoms with Crippen molar-refractivity contribution >= 4 is 5.91 Å². The molecule has 0 aromatic carbocycles. The molecular weight excluding hydrogens is 329 g/mol. The standard InChI is InChI=1S/C13H13F3N6O2/c14-13(15,16)9-5-8(18-7-19-9)11(23)17-3-4-22-6-10(20-21-22)12(24)1-2-12/h5-7,24H,1-4H2,(H,17,23). The minimum Gasteiger partial charge on any atom is -0.383 e. The van der Waals surface area contributed by atoms with Gasteiger partial charge in [-0.2, -0.15) is 13.2 Å². The van der Waals surface area contributed by atoms with Crippen LogP contribution in [0, 0.1) is 0 Å². The summed E-state index contributed by atoms with van der Waals surface area (Å²) in [5, 5.41) is 20.0. The summed E-state index contributed by atoms with van der Waals surface area (Å²) >= 11 is 0. The number of rotatable bonds is 5. The Balaban J connectivity index is 1.55. The Morgan fingerprint density at radius 3 is 2.79 bits per heavy atom. The number of aliphatic hydroxyl groups is 1. The van der Waals surface area contributed by atoms with E-state index in [4.69, 9.17) is 0 Å². The Bertz CT molecular complexity index is 756. The molecule has 1 aliphatic carbocycles. The van der Waals surface area contributed by atoms with Crippen molar-refractivity contribution in [3.63, 3.8) is 0 Å². The molecule has 3 rings (SSSR count). The Morgan fingerprint density at radius 1 is 1.38 bits per heavy atom. The fraction of sp³-hybridized carbons (Fsp3) is 0.462. The second-order valence-electron chi connectivity index (χ2n) is 5.44. The number of carbonyl (C=O) groups excluding carboxylic acids is 1. The van der Waals surface area contributed by atoms with Gasteiger partial charge in [-0.15, -0.1) is 5.10 Å². The highest BCUT2D eigenvalue weighted by molar-refractivity contribution is 5.92. The monoisotopic (exact) mass is 342 g/mol. The Morgan fingerprint density at radius 2 is 2.12 bits per heavy atom. The summed E-state index contributed by atoms with van der Waals surface area (Å²) in [5.41, 5.74) is -1.97. The molecule has 1 saturated carbocycles. The Labute approximate surface area is 133 Å². The molecule has 8 nitrogen and oxygen atoms in total. The first-order valence-corrected chi connectivity index (χ1v) is 7.08. The van der Waals surface area contributed by atoms with Crippen molar-refractivity contribution < 1.29 is 23.1 Å². The van der Waals surface area contributed by atoms with Gasteiger partial charge in [0.1, 0.15) is 29.0 Å². The van der Waals surface area contributed by atoms with Gasteiger partial charge in [0, 0.05) is 12.6 Å². The van der Waals surface area contributed by atoms with Gasteiger partial charge in [0.2, 0.25) is 0 Å². The fourth-order valence-electron chi connectivity index (χ4n) is 2.01. The number of carbonyl (C=O) groups is 1. The maximum atomic E-state index is 12.5. The molecule has 11 heteroatoms. The van der Waals surface area contributed by atoms with E-state index in [0.717, 1.165) is 0 Å². The largest absolute Gasteiger partial charge is 0.433 e. The molecule has 1 amide bonds. The first-order valence-electron chi connectivity index (χ1n) is 7.08. The Hall–Kier alpha value is -2.56. The molecule has 0 radical (unpaired) electrons. The fourth-order valence-corrected chi connectivity index (χ4v) is 2.01. The van der Waals surface area contributed by atoms with Crippen LogP contribution in [0.15, 0.2) is 18.6 Å². The molecule has 0 unspecified atom stereocenters. The predicted octanol–water partition coefficient (Wildman–Crippen LogP) is 0.498. The summed E-state index contributed by atoms with van der Waals surface area (Å²) in [6, 6.07) is 0.589. The maximum absolute atomic E-state index is 12.5. The van der Waals surface area contributed by atoms with E-state index in [1.807, 2.05) is 0 Å². The third kappa shape index (κ3) is 3.50. The predicted molar refractivity (Wildman–Crippen MR) is 72.5 cm³/mol. The van der Waals surface area contributed by atoms with Gasteiger partial charge >= 0.3 is 6.18 Å². The molecule has 2 heterocycles. The molecule has 128 valence electrons. The average Bonchev–Trinajstić information content (AvgIpc) is 3.10. The minimum atomic E-state index is -4.64. The summed E-state index contributed by atoms with van der Waals surface area (Å²) in [6.07, 6.45) is -1.10. The highest BCUT2D eigenvalue weighted by atomic mass is 19.4. The second kappa shape index (κ2) is 5.82. The van der Waals surface area contributed by atoms with Gasteiger partial charge in [0.25, 0.3) is 5.91 Å². The topological polar surface area (TPSA) is 106 Å². The van der Waals surface area contributed by atoms with E-state index in [2.05, 4.69) is 25.6 Å². The van der Waals surface area contributed by atoms with E-state index in [0.29, 0.717) is 30.9 Å². The third-order valence-corrected chi connectivity index (χ3v) is 3.56. The second-order valence-corrected chi connectivity index (χ2v) is 5.44. The lowest BCUT2D eigenvalue weighted by Gasteiger charge is -2.07. The van der Waals surface area contributed by atoms with Crippen LogP contribution in [-0.4, -0.2) is 42.5 Å². The average molecular weight is 342 g/mol. The number of alkyl halides is 3. The summed E-state index contributed by atoms with van der Waals surface area (Å²) < 4.78 is 39.1. The molecule has 0 saturated heterocycles. The zero-order chi connectivity index (χ0) is 17.4. The smallest absolute Gasteiger partial charge is 0.383 e. The number of nitrogens with zero attached hydrogens (tertiary/aromatic N) is 5. The quantitative estimate of drug-likeness (QED) is 0.820. The normalized spacial score (nSPS) is 16.0. The van der Waals surface area contributed by atoms with Gasteiger partial charge in [-0.3, -0.25) is 9.48 Å². The number of hydrogen-bond acceptors (Lipinski definition) is 6. The molecule has 0 spiro atoms. The van der Waals surface area contributed by atoms with Crippen molar-refractivity contribution in [2.75, 3.05) is 6.54 Å². The molecule has 0 aliphatic heterocycles. The summed E-state index contributed by atoms with van der Waals surface area (Å²) in [6.45, 7) is 0.372. The van der Waals surface area contributed by atoms with E-state index in [9.17, 15) is 23.1 Å². The van der Waals surface area contributed by atoms with E-state index < -0.39 is 23.4 Å². The molecule has 2 aromatic heterocycles. The summed E-state index contributed by atoms with van der Waals surface area (Å²) in [4.78, 5) is 18.5. The lowest BCUT2D eigenvalue weighted by Crippen LogP contribution is -2.28. The van der Waals surface area contributed by atoms with Crippen LogP contribution in [0.2, 0.25) is 0 Å². The lowest BCUT2D eigenvalue weighted by molar-refractivity contribution is -0.141. The molecule has 0 bridgehead atoms. The van der Waals surface area contributed by atoms with Gasteiger partial charge < -0.3 is 10.4 Å². The summed E-state index contributed by atoms with van der Waals surface area (Å²) in [7, 11) is 0. The van der Waals surface area contributed by atoms with Crippen molar-refractivity contribution in [2.24, 2.45) is 0 Å². The lowest BCUT2D eigenvalue weighted by atomic mass is 10.2. The van der Waals surface area contributed by atoms with E-state index in [1.165, 1.54) is 4.68 Å². The van der Waals surface area contributed by atoms with Crippen molar-refractivity contribution in [1.82, 2.24) is 30.3 Å². The van der Waals surface area contributed by atoms with Crippen LogP contribution in [0.25, 0.3) is 0 Å². The van der Waals surface area contributed by atoms with Crippen LogP contribution in [-0.2, 0) is 18.3 Å². The molecule has 1 fully saturated rings. The van der Waals surface area contributed by atoms with Crippen LogP contribution in [0.4, 0.5) is 13.2 Å². The molecule has 2 N–H and O–H groups in total. The first kappa shape index (κ1) is 16.3. The third-order valence-electron chi connectivity index (χ3n) is 3.56. The number of amides is 1. The van der Waals surface area contributed by atoms with Crippen LogP contribution >= 0.6 is 0 Å². The van der Waals surface area contributed by atoms with Crippen LogP contribution < -0.4 is 5.32 Å². The first-order chi connectivity index (χ1) is 11.3. The van der Waals surface area contributed by atoms with Gasteiger partial charge in [0.15, 0.2) is 0 Å². The highest BCUT2D eigenvalue weighted by Crippen LogP contribution is 2.43. The molecule has 24 heavy (non-hydrogen) atoms. The molecule has 2 aromatic rings. The van der Waals surface area contributed by atoms with Crippen molar-refractivity contribution in [3.8, 4) is 0 Å². The molecule has 0 atom stereocenters. The van der Waals surface area contributed by atoms with Crippen LogP contribution in [0.1, 0.15) is 34.7 Å². The zero-order valence-corrected chi connectivity index (χ0v) is 12.3. The number of halogens is 3. The van der Waals surface area contributed by atoms with Crippen molar-refractivity contribution in [3.05, 3.63) is 35.7 Å². The van der Waals surface area contributed by atoms with Crippen molar-refractivity contribution in [2.45, 2.75) is 31.2 Å². The maximum Gasteiger partial charge on any atom is 0.433 e. The summed E-state index contributed by atoms with van der Waals surface area (Å²) in [5.74, 6) is -0.746. The Kier molecular flexibility index (Phi) is 3.95. The number of hydrogen-bond donors (Lipinski definition) is 2. The van der Waals surface area contributed by atoms with Gasteiger partial charge in [-0.05, 0) is 12.8 Å². The minimum absolute atomic E-state index is 0.116. The number of aromatic nitrogens is 5. The highest BCUT2D eigenvalue weighted by Gasteiger charge is 2.44. The van der Waals surface area contributed by atoms with Crippen molar-refractivity contribution in [1.29, 1.82) is 0 Å².